The lowest BCUT2D eigenvalue weighted by Crippen LogP contribution is -2.24. The van der Waals surface area contributed by atoms with Gasteiger partial charge in [-0.25, -0.2) is 0 Å². The number of imide groups is 1. The topological polar surface area (TPSA) is 70.1 Å². The lowest BCUT2D eigenvalue weighted by atomic mass is 9.95. The first kappa shape index (κ1) is 22.4. The Kier molecular flexibility index (Phi) is 6.02. The van der Waals surface area contributed by atoms with Crippen LogP contribution in [0.4, 0.5) is 0 Å². The zero-order valence-electron chi connectivity index (χ0n) is 19.3. The molecule has 5 rings (SSSR count). The summed E-state index contributed by atoms with van der Waals surface area (Å²) in [4.78, 5) is 31.7. The van der Waals surface area contributed by atoms with Gasteiger partial charge in [-0.15, -0.1) is 0 Å². The van der Waals surface area contributed by atoms with E-state index in [4.69, 9.17) is 11.6 Å². The molecule has 0 atom stereocenters. The molecule has 0 saturated carbocycles. The Morgan fingerprint density at radius 1 is 0.941 bits per heavy atom. The van der Waals surface area contributed by atoms with Gasteiger partial charge in [0.2, 0.25) is 0 Å². The number of carbonyl (C=O) groups excluding carboxylic acids is 2. The van der Waals surface area contributed by atoms with Crippen LogP contribution in [0.5, 0.6) is 0 Å². The summed E-state index contributed by atoms with van der Waals surface area (Å²) in [6, 6.07) is 13.5. The summed E-state index contributed by atoms with van der Waals surface area (Å²) in [7, 11) is 0. The number of para-hydroxylation sites is 1. The van der Waals surface area contributed by atoms with Gasteiger partial charge in [-0.1, -0.05) is 43.6 Å². The molecule has 34 heavy (non-hydrogen) atoms. The third-order valence-corrected chi connectivity index (χ3v) is 6.91. The highest BCUT2D eigenvalue weighted by molar-refractivity contribution is 6.50. The van der Waals surface area contributed by atoms with E-state index in [-0.39, 0.29) is 11.8 Å². The van der Waals surface area contributed by atoms with E-state index in [1.165, 1.54) is 0 Å². The fourth-order valence-electron chi connectivity index (χ4n) is 4.91. The van der Waals surface area contributed by atoms with E-state index in [1.54, 1.807) is 6.20 Å². The molecule has 0 radical (unpaired) electrons. The first-order valence-corrected chi connectivity index (χ1v) is 12.1. The highest BCUT2D eigenvalue weighted by Gasteiger charge is 2.35. The van der Waals surface area contributed by atoms with Crippen molar-refractivity contribution in [3.63, 3.8) is 0 Å². The Hall–Kier alpha value is -3.35. The van der Waals surface area contributed by atoms with Crippen molar-refractivity contribution >= 4 is 56.4 Å². The Morgan fingerprint density at radius 2 is 1.68 bits per heavy atom. The minimum atomic E-state index is -0.382. The van der Waals surface area contributed by atoms with Crippen LogP contribution in [0.25, 0.3) is 33.0 Å². The first-order valence-electron chi connectivity index (χ1n) is 11.7. The second kappa shape index (κ2) is 9.12. The average molecular weight is 475 g/mol. The van der Waals surface area contributed by atoms with Crippen molar-refractivity contribution in [2.24, 2.45) is 0 Å². The number of benzene rings is 2. The summed E-state index contributed by atoms with van der Waals surface area (Å²) in [5.41, 5.74) is 4.15. The van der Waals surface area contributed by atoms with Crippen LogP contribution in [0.3, 0.4) is 0 Å². The maximum absolute atomic E-state index is 13.1. The van der Waals surface area contributed by atoms with Crippen LogP contribution in [0.1, 0.15) is 31.4 Å². The van der Waals surface area contributed by atoms with E-state index in [1.807, 2.05) is 48.7 Å². The number of hydrogen-bond acceptors (Lipinski definition) is 3. The van der Waals surface area contributed by atoms with Crippen LogP contribution in [0.2, 0.25) is 5.02 Å². The normalized spacial score (nSPS) is 14.2. The number of fused-ring (bicyclic) bond motifs is 2. The van der Waals surface area contributed by atoms with Crippen molar-refractivity contribution in [3.8, 4) is 0 Å². The van der Waals surface area contributed by atoms with Crippen molar-refractivity contribution in [1.29, 1.82) is 0 Å². The molecular formula is C27H27ClN4O2. The van der Waals surface area contributed by atoms with Gasteiger partial charge in [0, 0.05) is 56.9 Å². The molecule has 0 saturated heterocycles. The summed E-state index contributed by atoms with van der Waals surface area (Å²) < 4.78 is 2.17. The summed E-state index contributed by atoms with van der Waals surface area (Å²) in [5.74, 6) is -0.762. The third-order valence-electron chi connectivity index (χ3n) is 6.67. The van der Waals surface area contributed by atoms with Gasteiger partial charge in [-0.3, -0.25) is 14.9 Å². The van der Waals surface area contributed by atoms with Gasteiger partial charge >= 0.3 is 0 Å². The number of nitrogens with one attached hydrogen (secondary N) is 2. The highest BCUT2D eigenvalue weighted by atomic mass is 35.5. The lowest BCUT2D eigenvalue weighted by Gasteiger charge is -2.18. The first-order chi connectivity index (χ1) is 16.5. The second-order valence-electron chi connectivity index (χ2n) is 8.56. The number of carbonyl (C=O) groups is 2. The number of nitrogens with zero attached hydrogens (tertiary/aromatic N) is 2. The number of halogens is 1. The van der Waals surface area contributed by atoms with Gasteiger partial charge in [-0.2, -0.15) is 0 Å². The predicted octanol–water partition coefficient (Wildman–Crippen LogP) is 5.08. The molecule has 0 fully saturated rings. The van der Waals surface area contributed by atoms with Crippen molar-refractivity contribution in [2.45, 2.75) is 26.8 Å². The quantitative estimate of drug-likeness (QED) is 0.350. The minimum absolute atomic E-state index is 0.380. The monoisotopic (exact) mass is 474 g/mol. The molecule has 0 unspecified atom stereocenters. The largest absolute Gasteiger partial charge is 0.361 e. The Labute approximate surface area is 203 Å². The zero-order chi connectivity index (χ0) is 23.8. The van der Waals surface area contributed by atoms with E-state index in [0.717, 1.165) is 65.5 Å². The number of aromatic nitrogens is 2. The lowest BCUT2D eigenvalue weighted by molar-refractivity contribution is -0.122. The van der Waals surface area contributed by atoms with Crippen LogP contribution in [-0.4, -0.2) is 45.9 Å². The maximum atomic E-state index is 13.1. The van der Waals surface area contributed by atoms with Crippen LogP contribution in [0.15, 0.2) is 54.9 Å². The third kappa shape index (κ3) is 3.83. The number of rotatable bonds is 8. The van der Waals surface area contributed by atoms with Gasteiger partial charge < -0.3 is 14.5 Å². The summed E-state index contributed by atoms with van der Waals surface area (Å²) in [5, 5.41) is 4.88. The smallest absolute Gasteiger partial charge is 0.259 e. The van der Waals surface area contributed by atoms with Gasteiger partial charge in [0.25, 0.3) is 11.8 Å². The van der Waals surface area contributed by atoms with E-state index in [2.05, 4.69) is 33.6 Å². The van der Waals surface area contributed by atoms with Gasteiger partial charge in [0.05, 0.1) is 11.1 Å². The molecule has 1 aliphatic rings. The highest BCUT2D eigenvalue weighted by Crippen LogP contribution is 2.39. The zero-order valence-corrected chi connectivity index (χ0v) is 20.1. The summed E-state index contributed by atoms with van der Waals surface area (Å²) in [6.45, 7) is 8.18. The molecular weight excluding hydrogens is 448 g/mol. The van der Waals surface area contributed by atoms with Crippen LogP contribution < -0.4 is 5.32 Å². The van der Waals surface area contributed by atoms with Crippen LogP contribution in [0, 0.1) is 0 Å². The van der Waals surface area contributed by atoms with Crippen molar-refractivity contribution in [2.75, 3.05) is 19.6 Å². The Balaban J connectivity index is 1.65. The molecule has 0 spiro atoms. The molecule has 4 aromatic rings. The molecule has 2 aromatic carbocycles. The fourth-order valence-corrected chi connectivity index (χ4v) is 5.08. The van der Waals surface area contributed by atoms with E-state index in [0.29, 0.717) is 16.2 Å². The average Bonchev–Trinajstić information content (AvgIpc) is 3.49. The molecule has 6 nitrogen and oxygen atoms in total. The van der Waals surface area contributed by atoms with Gasteiger partial charge in [0.15, 0.2) is 0 Å². The molecule has 2 amide bonds. The van der Waals surface area contributed by atoms with Gasteiger partial charge in [-0.05, 0) is 50.3 Å². The van der Waals surface area contributed by atoms with E-state index < -0.39 is 0 Å². The number of aryl methyl sites for hydroxylation is 1. The summed E-state index contributed by atoms with van der Waals surface area (Å²) in [6.07, 6.45) is 4.77. The van der Waals surface area contributed by atoms with Crippen LogP contribution in [-0.2, 0) is 16.1 Å². The van der Waals surface area contributed by atoms with Crippen molar-refractivity contribution in [1.82, 2.24) is 19.8 Å². The maximum Gasteiger partial charge on any atom is 0.259 e. The molecule has 7 heteroatoms. The standard InChI is InChI=1S/C27H27ClN4O2/c1-3-31(4-2)12-7-13-32-16-21(19-14-17(28)10-11-23(19)32)25-24(26(33)30-27(25)34)20-15-29-22-9-6-5-8-18(20)22/h5-6,8-11,14-16,29H,3-4,7,12-13H2,1-2H3,(H,30,33,34). The summed E-state index contributed by atoms with van der Waals surface area (Å²) >= 11 is 6.36. The van der Waals surface area contributed by atoms with Crippen molar-refractivity contribution < 1.29 is 9.59 Å². The Morgan fingerprint density at radius 3 is 2.44 bits per heavy atom. The van der Waals surface area contributed by atoms with Crippen molar-refractivity contribution in [3.05, 3.63) is 71.0 Å². The number of hydrogen-bond donors (Lipinski definition) is 2. The number of aromatic amines is 1. The molecule has 1 aliphatic heterocycles. The van der Waals surface area contributed by atoms with E-state index in [9.17, 15) is 9.59 Å². The molecule has 2 aromatic heterocycles. The second-order valence-corrected chi connectivity index (χ2v) is 9.00. The molecule has 174 valence electrons. The fraction of sp³-hybridized carbons (Fsp3) is 0.259. The predicted molar refractivity (Wildman–Crippen MR) is 138 cm³/mol. The number of H-pyrrole nitrogens is 1. The van der Waals surface area contributed by atoms with Crippen LogP contribution >= 0.6 is 11.6 Å². The Bertz CT molecular complexity index is 1440. The minimum Gasteiger partial charge on any atom is -0.361 e. The number of amides is 2. The molecule has 0 bridgehead atoms. The van der Waals surface area contributed by atoms with Gasteiger partial charge in [0.1, 0.15) is 0 Å². The molecule has 3 heterocycles. The van der Waals surface area contributed by atoms with E-state index >= 15 is 0 Å². The SMILES string of the molecule is CCN(CC)CCCn1cc(C2=C(c3c[nH]c4ccccc34)C(=O)NC2=O)c2cc(Cl)ccc21. The molecule has 0 aliphatic carbocycles. The molecule has 2 N–H and O–H groups in total.